The van der Waals surface area contributed by atoms with Gasteiger partial charge in [0, 0.05) is 6.42 Å². The van der Waals surface area contributed by atoms with Crippen molar-refractivity contribution >= 4 is 5.97 Å². The summed E-state index contributed by atoms with van der Waals surface area (Å²) in [5.74, 6) is 5.83. The fourth-order valence-corrected chi connectivity index (χ4v) is 2.43. The molecule has 0 spiro atoms. The Morgan fingerprint density at radius 2 is 2.19 bits per heavy atom. The first-order valence-corrected chi connectivity index (χ1v) is 6.18. The molecule has 0 aromatic heterocycles. The molecule has 0 radical (unpaired) electrons. The third-order valence-electron chi connectivity index (χ3n) is 3.40. The van der Waals surface area contributed by atoms with Crippen molar-refractivity contribution in [3.8, 4) is 0 Å². The Balaban J connectivity index is 2.06. The lowest BCUT2D eigenvalue weighted by molar-refractivity contribution is -0.140. The van der Waals surface area contributed by atoms with E-state index in [1.54, 1.807) is 0 Å². The van der Waals surface area contributed by atoms with Gasteiger partial charge in [-0.05, 0) is 25.2 Å². The molecule has 4 heteroatoms. The number of esters is 1. The Morgan fingerprint density at radius 3 is 2.88 bits per heavy atom. The summed E-state index contributed by atoms with van der Waals surface area (Å²) < 4.78 is 4.60. The van der Waals surface area contributed by atoms with Gasteiger partial charge in [-0.3, -0.25) is 4.79 Å². The summed E-state index contributed by atoms with van der Waals surface area (Å²) in [5.41, 5.74) is 0. The molecule has 4 nitrogen and oxygen atoms in total. The predicted octanol–water partition coefficient (Wildman–Crippen LogP) is 2.17. The van der Waals surface area contributed by atoms with Gasteiger partial charge < -0.3 is 9.57 Å². The first-order valence-electron chi connectivity index (χ1n) is 6.18. The highest BCUT2D eigenvalue weighted by molar-refractivity contribution is 5.68. The zero-order chi connectivity index (χ0) is 11.8. The van der Waals surface area contributed by atoms with E-state index < -0.39 is 0 Å². The van der Waals surface area contributed by atoms with Crippen LogP contribution in [0.1, 0.15) is 51.4 Å². The molecule has 2 atom stereocenters. The molecular weight excluding hydrogens is 206 g/mol. The Bertz CT molecular complexity index is 208. The number of nitrogens with two attached hydrogens (primary N) is 1. The third kappa shape index (κ3) is 4.94. The van der Waals surface area contributed by atoms with E-state index in [2.05, 4.69) is 4.74 Å². The molecular formula is C12H23NO3. The van der Waals surface area contributed by atoms with Crippen LogP contribution in [-0.4, -0.2) is 19.2 Å². The molecule has 1 aliphatic rings. The first-order chi connectivity index (χ1) is 7.76. The molecule has 0 bridgehead atoms. The number of carbonyl (C=O) groups is 1. The standard InChI is InChI=1S/C12H23NO3/c1-15-12(14)8-3-2-5-10-6-4-7-11(9-10)16-13/h10-11H,2-9,13H2,1H3/t10-,11-/m0/s1. The van der Waals surface area contributed by atoms with Gasteiger partial charge in [-0.15, -0.1) is 0 Å². The second-order valence-electron chi connectivity index (χ2n) is 4.61. The summed E-state index contributed by atoms with van der Waals surface area (Å²) in [7, 11) is 1.44. The summed E-state index contributed by atoms with van der Waals surface area (Å²) in [6, 6.07) is 0. The number of rotatable bonds is 6. The first kappa shape index (κ1) is 13.5. The Kier molecular flexibility index (Phi) is 6.42. The summed E-state index contributed by atoms with van der Waals surface area (Å²) >= 11 is 0. The van der Waals surface area contributed by atoms with Gasteiger partial charge in [0.2, 0.25) is 0 Å². The number of ether oxygens (including phenoxy) is 1. The van der Waals surface area contributed by atoms with Crippen molar-refractivity contribution in [3.63, 3.8) is 0 Å². The zero-order valence-corrected chi connectivity index (χ0v) is 10.1. The maximum Gasteiger partial charge on any atom is 0.305 e. The third-order valence-corrected chi connectivity index (χ3v) is 3.40. The van der Waals surface area contributed by atoms with Crippen LogP contribution in [0.3, 0.4) is 0 Å². The van der Waals surface area contributed by atoms with E-state index in [4.69, 9.17) is 10.7 Å². The second-order valence-corrected chi connectivity index (χ2v) is 4.61. The Morgan fingerprint density at radius 1 is 1.38 bits per heavy atom. The SMILES string of the molecule is COC(=O)CCCC[C@H]1CCC[C@H](ON)C1. The van der Waals surface area contributed by atoms with Gasteiger partial charge in [-0.2, -0.15) is 0 Å². The number of unbranched alkanes of at least 4 members (excludes halogenated alkanes) is 1. The van der Waals surface area contributed by atoms with E-state index in [0.29, 0.717) is 6.42 Å². The topological polar surface area (TPSA) is 61.5 Å². The molecule has 0 heterocycles. The van der Waals surface area contributed by atoms with Crippen LogP contribution in [0.4, 0.5) is 0 Å². The van der Waals surface area contributed by atoms with E-state index >= 15 is 0 Å². The van der Waals surface area contributed by atoms with Crippen molar-refractivity contribution in [2.45, 2.75) is 57.5 Å². The highest BCUT2D eigenvalue weighted by atomic mass is 16.6. The minimum absolute atomic E-state index is 0.105. The summed E-state index contributed by atoms with van der Waals surface area (Å²) in [6.45, 7) is 0. The lowest BCUT2D eigenvalue weighted by Crippen LogP contribution is -2.25. The molecule has 0 saturated heterocycles. The molecule has 1 rings (SSSR count). The van der Waals surface area contributed by atoms with Gasteiger partial charge in [-0.25, -0.2) is 5.90 Å². The van der Waals surface area contributed by atoms with Crippen molar-refractivity contribution in [2.75, 3.05) is 7.11 Å². The molecule has 0 aliphatic heterocycles. The highest BCUT2D eigenvalue weighted by Crippen LogP contribution is 2.29. The molecule has 0 unspecified atom stereocenters. The Hall–Kier alpha value is -0.610. The molecule has 0 aromatic rings. The molecule has 1 aliphatic carbocycles. The number of hydrogen-bond acceptors (Lipinski definition) is 4. The van der Waals surface area contributed by atoms with Gasteiger partial charge >= 0.3 is 5.97 Å². The zero-order valence-electron chi connectivity index (χ0n) is 10.1. The average Bonchev–Trinajstić information content (AvgIpc) is 2.34. The monoisotopic (exact) mass is 229 g/mol. The number of hydrogen-bond donors (Lipinski definition) is 1. The van der Waals surface area contributed by atoms with Crippen molar-refractivity contribution in [3.05, 3.63) is 0 Å². The molecule has 0 amide bonds. The lowest BCUT2D eigenvalue weighted by Gasteiger charge is -2.27. The average molecular weight is 229 g/mol. The van der Waals surface area contributed by atoms with Crippen LogP contribution in [0.15, 0.2) is 0 Å². The second kappa shape index (κ2) is 7.63. The lowest BCUT2D eigenvalue weighted by atomic mass is 9.84. The van der Waals surface area contributed by atoms with Crippen LogP contribution in [0.2, 0.25) is 0 Å². The molecule has 1 saturated carbocycles. The highest BCUT2D eigenvalue weighted by Gasteiger charge is 2.21. The van der Waals surface area contributed by atoms with E-state index in [1.807, 2.05) is 0 Å². The molecule has 94 valence electrons. The van der Waals surface area contributed by atoms with E-state index in [1.165, 1.54) is 26.4 Å². The molecule has 0 aromatic carbocycles. The van der Waals surface area contributed by atoms with E-state index in [-0.39, 0.29) is 12.1 Å². The van der Waals surface area contributed by atoms with E-state index in [0.717, 1.165) is 31.6 Å². The van der Waals surface area contributed by atoms with Crippen LogP contribution in [0.25, 0.3) is 0 Å². The van der Waals surface area contributed by atoms with E-state index in [9.17, 15) is 4.79 Å². The Labute approximate surface area is 97.4 Å². The fourth-order valence-electron chi connectivity index (χ4n) is 2.43. The van der Waals surface area contributed by atoms with Gasteiger partial charge in [0.15, 0.2) is 0 Å². The van der Waals surface area contributed by atoms with Gasteiger partial charge in [0.25, 0.3) is 0 Å². The maximum absolute atomic E-state index is 10.9. The van der Waals surface area contributed by atoms with Crippen molar-refractivity contribution in [1.82, 2.24) is 0 Å². The summed E-state index contributed by atoms with van der Waals surface area (Å²) in [4.78, 5) is 15.8. The van der Waals surface area contributed by atoms with Crippen molar-refractivity contribution in [2.24, 2.45) is 11.8 Å². The van der Waals surface area contributed by atoms with Gasteiger partial charge in [0.05, 0.1) is 13.2 Å². The summed E-state index contributed by atoms with van der Waals surface area (Å²) in [6.07, 6.45) is 8.65. The number of methoxy groups -OCH3 is 1. The van der Waals surface area contributed by atoms with Gasteiger partial charge in [-0.1, -0.05) is 25.7 Å². The number of carbonyl (C=O) groups excluding carboxylic acids is 1. The van der Waals surface area contributed by atoms with Crippen LogP contribution >= 0.6 is 0 Å². The van der Waals surface area contributed by atoms with Crippen molar-refractivity contribution < 1.29 is 14.4 Å². The predicted molar refractivity (Wildman–Crippen MR) is 61.5 cm³/mol. The fraction of sp³-hybridized carbons (Fsp3) is 0.917. The molecule has 16 heavy (non-hydrogen) atoms. The van der Waals surface area contributed by atoms with Gasteiger partial charge in [0.1, 0.15) is 0 Å². The van der Waals surface area contributed by atoms with Crippen LogP contribution in [-0.2, 0) is 14.4 Å². The minimum atomic E-state index is -0.105. The minimum Gasteiger partial charge on any atom is -0.469 e. The van der Waals surface area contributed by atoms with Crippen LogP contribution in [0, 0.1) is 5.92 Å². The quantitative estimate of drug-likeness (QED) is 0.431. The summed E-state index contributed by atoms with van der Waals surface area (Å²) in [5, 5.41) is 0. The molecule has 1 fully saturated rings. The smallest absolute Gasteiger partial charge is 0.305 e. The van der Waals surface area contributed by atoms with Crippen LogP contribution in [0.5, 0.6) is 0 Å². The molecule has 2 N–H and O–H groups in total. The maximum atomic E-state index is 10.9. The van der Waals surface area contributed by atoms with Crippen molar-refractivity contribution in [1.29, 1.82) is 0 Å². The van der Waals surface area contributed by atoms with Crippen LogP contribution < -0.4 is 5.90 Å². The largest absolute Gasteiger partial charge is 0.469 e. The normalized spacial score (nSPS) is 25.4.